The first-order chi connectivity index (χ1) is 11.1. The number of nitrogens with zero attached hydrogens (tertiary/aromatic N) is 3. The van der Waals surface area contributed by atoms with E-state index in [4.69, 9.17) is 0 Å². The molecule has 1 aromatic carbocycles. The minimum Gasteiger partial charge on any atom is -0.356 e. The number of piperidine rings is 1. The van der Waals surface area contributed by atoms with Crippen LogP contribution in [-0.4, -0.2) is 29.0 Å². The number of hydrogen-bond donors (Lipinski definition) is 1. The third-order valence-electron chi connectivity index (χ3n) is 3.82. The molecule has 1 aliphatic rings. The van der Waals surface area contributed by atoms with E-state index in [-0.39, 0.29) is 5.91 Å². The zero-order valence-corrected chi connectivity index (χ0v) is 14.6. The van der Waals surface area contributed by atoms with Gasteiger partial charge in [0.25, 0.3) is 5.91 Å². The van der Waals surface area contributed by atoms with Crippen molar-refractivity contribution in [2.75, 3.05) is 23.3 Å². The van der Waals surface area contributed by atoms with Gasteiger partial charge in [0, 0.05) is 29.3 Å². The zero-order chi connectivity index (χ0) is 16.2. The van der Waals surface area contributed by atoms with Crippen LogP contribution in [0.1, 0.15) is 35.6 Å². The highest BCUT2D eigenvalue weighted by Crippen LogP contribution is 2.20. The van der Waals surface area contributed by atoms with Gasteiger partial charge >= 0.3 is 0 Å². The minimum atomic E-state index is -0.216. The largest absolute Gasteiger partial charge is 0.356 e. The van der Waals surface area contributed by atoms with Crippen LogP contribution in [0.3, 0.4) is 0 Å². The SMILES string of the molecule is Cc1nc(C(=O)Nc2cccc(Br)c2)cc(N2CCCCC2)n1. The molecule has 1 saturated heterocycles. The molecule has 1 aromatic heterocycles. The molecule has 5 nitrogen and oxygen atoms in total. The summed E-state index contributed by atoms with van der Waals surface area (Å²) in [6.45, 7) is 3.80. The minimum absolute atomic E-state index is 0.216. The average Bonchev–Trinajstić information content (AvgIpc) is 2.55. The van der Waals surface area contributed by atoms with E-state index in [0.717, 1.165) is 29.1 Å². The first-order valence-electron chi connectivity index (χ1n) is 7.79. The lowest BCUT2D eigenvalue weighted by Gasteiger charge is -2.28. The Bertz CT molecular complexity index is 713. The average molecular weight is 375 g/mol. The number of benzene rings is 1. The maximum absolute atomic E-state index is 12.5. The summed E-state index contributed by atoms with van der Waals surface area (Å²) in [6, 6.07) is 9.29. The van der Waals surface area contributed by atoms with E-state index in [0.29, 0.717) is 11.5 Å². The maximum atomic E-state index is 12.5. The van der Waals surface area contributed by atoms with Gasteiger partial charge in [0.1, 0.15) is 17.3 Å². The second-order valence-corrected chi connectivity index (χ2v) is 6.59. The van der Waals surface area contributed by atoms with Crippen molar-refractivity contribution < 1.29 is 4.79 Å². The van der Waals surface area contributed by atoms with Crippen LogP contribution in [0, 0.1) is 6.92 Å². The molecule has 0 bridgehead atoms. The first-order valence-corrected chi connectivity index (χ1v) is 8.59. The molecular formula is C17H19BrN4O. The van der Waals surface area contributed by atoms with E-state index in [1.165, 1.54) is 19.3 Å². The number of aryl methyl sites for hydroxylation is 1. The van der Waals surface area contributed by atoms with Crippen molar-refractivity contribution in [3.63, 3.8) is 0 Å². The molecule has 1 N–H and O–H groups in total. The summed E-state index contributed by atoms with van der Waals surface area (Å²) in [4.78, 5) is 23.5. The van der Waals surface area contributed by atoms with Gasteiger partial charge in [-0.1, -0.05) is 22.0 Å². The van der Waals surface area contributed by atoms with Crippen molar-refractivity contribution in [1.82, 2.24) is 9.97 Å². The van der Waals surface area contributed by atoms with Gasteiger partial charge in [-0.2, -0.15) is 0 Å². The van der Waals surface area contributed by atoms with Crippen LogP contribution in [-0.2, 0) is 0 Å². The van der Waals surface area contributed by atoms with Gasteiger partial charge in [-0.25, -0.2) is 9.97 Å². The molecule has 0 radical (unpaired) electrons. The molecule has 0 spiro atoms. The summed E-state index contributed by atoms with van der Waals surface area (Å²) in [6.07, 6.45) is 3.60. The Morgan fingerprint density at radius 2 is 1.96 bits per heavy atom. The Hall–Kier alpha value is -1.95. The standard InChI is InChI=1S/C17H19BrN4O/c1-12-19-15(11-16(20-12)22-8-3-2-4-9-22)17(23)21-14-7-5-6-13(18)10-14/h5-7,10-11H,2-4,8-9H2,1H3,(H,21,23). The number of rotatable bonds is 3. The number of hydrogen-bond acceptors (Lipinski definition) is 4. The summed E-state index contributed by atoms with van der Waals surface area (Å²) in [5.41, 5.74) is 1.14. The molecule has 1 aliphatic heterocycles. The lowest BCUT2D eigenvalue weighted by molar-refractivity contribution is 0.102. The van der Waals surface area contributed by atoms with Crippen molar-refractivity contribution in [3.05, 3.63) is 46.3 Å². The van der Waals surface area contributed by atoms with Gasteiger partial charge in [-0.05, 0) is 44.4 Å². The van der Waals surface area contributed by atoms with Crippen LogP contribution in [0.4, 0.5) is 11.5 Å². The van der Waals surface area contributed by atoms with Crippen LogP contribution >= 0.6 is 15.9 Å². The van der Waals surface area contributed by atoms with Crippen molar-refractivity contribution in [1.29, 1.82) is 0 Å². The zero-order valence-electron chi connectivity index (χ0n) is 13.1. The van der Waals surface area contributed by atoms with Crippen LogP contribution in [0.2, 0.25) is 0 Å². The number of carbonyl (C=O) groups is 1. The summed E-state index contributed by atoms with van der Waals surface area (Å²) in [5.74, 6) is 1.25. The van der Waals surface area contributed by atoms with Crippen molar-refractivity contribution >= 4 is 33.3 Å². The Kier molecular flexibility index (Phi) is 4.91. The van der Waals surface area contributed by atoms with Crippen LogP contribution in [0.25, 0.3) is 0 Å². The number of halogens is 1. The highest BCUT2D eigenvalue weighted by Gasteiger charge is 2.16. The molecule has 23 heavy (non-hydrogen) atoms. The molecule has 120 valence electrons. The lowest BCUT2D eigenvalue weighted by Crippen LogP contribution is -2.31. The molecule has 6 heteroatoms. The number of carbonyl (C=O) groups excluding carboxylic acids is 1. The topological polar surface area (TPSA) is 58.1 Å². The third-order valence-corrected chi connectivity index (χ3v) is 4.31. The summed E-state index contributed by atoms with van der Waals surface area (Å²) in [5, 5.41) is 2.88. The van der Waals surface area contributed by atoms with Crippen LogP contribution in [0.5, 0.6) is 0 Å². The lowest BCUT2D eigenvalue weighted by atomic mass is 10.1. The summed E-state index contributed by atoms with van der Waals surface area (Å²) < 4.78 is 0.920. The van der Waals surface area contributed by atoms with Gasteiger partial charge in [0.05, 0.1) is 0 Å². The fourth-order valence-electron chi connectivity index (χ4n) is 2.71. The van der Waals surface area contributed by atoms with Crippen LogP contribution < -0.4 is 10.2 Å². The molecule has 2 heterocycles. The molecular weight excluding hydrogens is 356 g/mol. The summed E-state index contributed by atoms with van der Waals surface area (Å²) in [7, 11) is 0. The molecule has 0 unspecified atom stereocenters. The monoisotopic (exact) mass is 374 g/mol. The Labute approximate surface area is 144 Å². The first kappa shape index (κ1) is 15.9. The van der Waals surface area contributed by atoms with Crippen molar-refractivity contribution in [2.45, 2.75) is 26.2 Å². The van der Waals surface area contributed by atoms with E-state index in [9.17, 15) is 4.79 Å². The normalized spacial score (nSPS) is 14.6. The Morgan fingerprint density at radius 3 is 2.70 bits per heavy atom. The van der Waals surface area contributed by atoms with Gasteiger partial charge in [-0.3, -0.25) is 4.79 Å². The van der Waals surface area contributed by atoms with Gasteiger partial charge < -0.3 is 10.2 Å². The molecule has 0 aliphatic carbocycles. The summed E-state index contributed by atoms with van der Waals surface area (Å²) >= 11 is 3.40. The van der Waals surface area contributed by atoms with E-state index in [2.05, 4.69) is 36.1 Å². The smallest absolute Gasteiger partial charge is 0.274 e. The molecule has 0 atom stereocenters. The number of amides is 1. The van der Waals surface area contributed by atoms with Gasteiger partial charge in [0.15, 0.2) is 0 Å². The van der Waals surface area contributed by atoms with E-state index < -0.39 is 0 Å². The second kappa shape index (κ2) is 7.08. The molecule has 1 amide bonds. The van der Waals surface area contributed by atoms with E-state index in [1.54, 1.807) is 6.07 Å². The van der Waals surface area contributed by atoms with Gasteiger partial charge in [0.2, 0.25) is 0 Å². The molecule has 0 saturated carbocycles. The molecule has 1 fully saturated rings. The maximum Gasteiger partial charge on any atom is 0.274 e. The van der Waals surface area contributed by atoms with Crippen LogP contribution in [0.15, 0.2) is 34.8 Å². The van der Waals surface area contributed by atoms with E-state index >= 15 is 0 Å². The predicted molar refractivity (Wildman–Crippen MR) is 94.9 cm³/mol. The second-order valence-electron chi connectivity index (χ2n) is 5.67. The van der Waals surface area contributed by atoms with E-state index in [1.807, 2.05) is 31.2 Å². The predicted octanol–water partition coefficient (Wildman–Crippen LogP) is 3.79. The number of aromatic nitrogens is 2. The number of anilines is 2. The van der Waals surface area contributed by atoms with Crippen molar-refractivity contribution in [3.8, 4) is 0 Å². The fraction of sp³-hybridized carbons (Fsp3) is 0.353. The highest BCUT2D eigenvalue weighted by atomic mass is 79.9. The number of nitrogens with one attached hydrogen (secondary N) is 1. The fourth-order valence-corrected chi connectivity index (χ4v) is 3.11. The molecule has 2 aromatic rings. The van der Waals surface area contributed by atoms with Gasteiger partial charge in [-0.15, -0.1) is 0 Å². The van der Waals surface area contributed by atoms with Crippen molar-refractivity contribution in [2.24, 2.45) is 0 Å². The molecule has 3 rings (SSSR count). The Balaban J connectivity index is 1.81. The Morgan fingerprint density at radius 1 is 1.17 bits per heavy atom. The quantitative estimate of drug-likeness (QED) is 0.887. The third kappa shape index (κ3) is 4.07. The highest BCUT2D eigenvalue weighted by molar-refractivity contribution is 9.10.